The van der Waals surface area contributed by atoms with E-state index >= 15 is 0 Å². The lowest BCUT2D eigenvalue weighted by Gasteiger charge is -2.07. The normalized spacial score (nSPS) is 11.1. The first-order valence-corrected chi connectivity index (χ1v) is 10.2. The summed E-state index contributed by atoms with van der Waals surface area (Å²) in [5.41, 5.74) is -0.619. The maximum absolute atomic E-state index is 14.8. The molecule has 0 fully saturated rings. The average Bonchev–Trinajstić information content (AvgIpc) is 3.35. The molecule has 2 heterocycles. The molecule has 0 radical (unpaired) electrons. The Labute approximate surface area is 191 Å². The quantitative estimate of drug-likeness (QED) is 0.384. The Balaban J connectivity index is 1.57. The van der Waals surface area contributed by atoms with Gasteiger partial charge in [0.1, 0.15) is 29.6 Å². The number of ether oxygens (including phenoxy) is 1. The molecule has 2 aromatic heterocycles. The van der Waals surface area contributed by atoms with Crippen molar-refractivity contribution in [3.8, 4) is 5.69 Å². The zero-order valence-electron chi connectivity index (χ0n) is 18.2. The van der Waals surface area contributed by atoms with Crippen LogP contribution in [0.25, 0.3) is 5.69 Å². The molecule has 0 aliphatic heterocycles. The Morgan fingerprint density at radius 3 is 2.47 bits per heavy atom. The van der Waals surface area contributed by atoms with Crippen LogP contribution in [-0.2, 0) is 17.8 Å². The molecule has 0 atom stereocenters. The van der Waals surface area contributed by atoms with Crippen molar-refractivity contribution in [2.45, 2.75) is 26.9 Å². The molecule has 0 saturated carbocycles. The smallest absolute Gasteiger partial charge is 0.378 e. The van der Waals surface area contributed by atoms with Crippen LogP contribution in [0.2, 0.25) is 0 Å². The van der Waals surface area contributed by atoms with E-state index in [0.717, 1.165) is 33.8 Å². The topological polar surface area (TPSA) is 96.8 Å². The number of aromatic nitrogens is 6. The summed E-state index contributed by atoms with van der Waals surface area (Å²) in [4.78, 5) is 28.5. The Hall–Kier alpha value is -4.22. The summed E-state index contributed by atoms with van der Waals surface area (Å²) >= 11 is 0. The summed E-state index contributed by atoms with van der Waals surface area (Å²) in [5.74, 6) is -2.63. The van der Waals surface area contributed by atoms with E-state index < -0.39 is 29.1 Å². The highest BCUT2D eigenvalue weighted by atomic mass is 19.1. The van der Waals surface area contributed by atoms with Gasteiger partial charge in [-0.15, -0.1) is 5.10 Å². The molecular formula is C22H19F3N6O3. The van der Waals surface area contributed by atoms with Crippen LogP contribution in [-0.4, -0.2) is 41.7 Å². The summed E-state index contributed by atoms with van der Waals surface area (Å²) in [5, 5.41) is 7.98. The lowest BCUT2D eigenvalue weighted by Crippen LogP contribution is -2.25. The Kier molecular flexibility index (Phi) is 6.30. The van der Waals surface area contributed by atoms with Gasteiger partial charge in [-0.2, -0.15) is 9.78 Å². The summed E-state index contributed by atoms with van der Waals surface area (Å²) in [6, 6.07) is 7.43. The fraction of sp³-hybridized carbons (Fsp3) is 0.227. The number of esters is 1. The highest BCUT2D eigenvalue weighted by Gasteiger charge is 2.18. The molecule has 0 N–H and O–H groups in total. The summed E-state index contributed by atoms with van der Waals surface area (Å²) in [6.45, 7) is 3.07. The van der Waals surface area contributed by atoms with Crippen molar-refractivity contribution >= 4 is 5.97 Å². The van der Waals surface area contributed by atoms with Gasteiger partial charge in [0.2, 0.25) is 0 Å². The highest BCUT2D eigenvalue weighted by Crippen LogP contribution is 2.16. The Bertz CT molecular complexity index is 1410. The van der Waals surface area contributed by atoms with Gasteiger partial charge in [-0.3, -0.25) is 4.57 Å². The van der Waals surface area contributed by atoms with E-state index in [9.17, 15) is 22.8 Å². The van der Waals surface area contributed by atoms with E-state index in [1.807, 2.05) is 0 Å². The molecule has 4 rings (SSSR count). The summed E-state index contributed by atoms with van der Waals surface area (Å²) < 4.78 is 50.8. The molecular weight excluding hydrogens is 453 g/mol. The van der Waals surface area contributed by atoms with E-state index in [2.05, 4.69) is 15.2 Å². The van der Waals surface area contributed by atoms with Crippen molar-refractivity contribution in [1.82, 2.24) is 29.1 Å². The molecule has 34 heavy (non-hydrogen) atoms. The van der Waals surface area contributed by atoms with Gasteiger partial charge in [-0.25, -0.2) is 32.4 Å². The van der Waals surface area contributed by atoms with Crippen LogP contribution in [0.1, 0.15) is 34.5 Å². The molecule has 176 valence electrons. The minimum atomic E-state index is -0.787. The highest BCUT2D eigenvalue weighted by molar-refractivity contribution is 5.84. The van der Waals surface area contributed by atoms with Crippen LogP contribution in [0.15, 0.2) is 47.5 Å². The van der Waals surface area contributed by atoms with Crippen LogP contribution in [0.5, 0.6) is 0 Å². The second kappa shape index (κ2) is 9.33. The van der Waals surface area contributed by atoms with Crippen LogP contribution in [0.4, 0.5) is 13.2 Å². The molecule has 4 aromatic rings. The summed E-state index contributed by atoms with van der Waals surface area (Å²) in [6.07, 6.45) is 1.12. The predicted octanol–water partition coefficient (Wildman–Crippen LogP) is 2.62. The minimum absolute atomic E-state index is 0.0136. The van der Waals surface area contributed by atoms with Crippen molar-refractivity contribution in [1.29, 1.82) is 0 Å². The van der Waals surface area contributed by atoms with Crippen molar-refractivity contribution in [3.63, 3.8) is 0 Å². The number of halogens is 3. The van der Waals surface area contributed by atoms with Crippen molar-refractivity contribution < 1.29 is 22.7 Å². The van der Waals surface area contributed by atoms with Gasteiger partial charge in [-0.1, -0.05) is 12.1 Å². The first-order valence-electron chi connectivity index (χ1n) is 10.2. The number of carbonyl (C=O) groups excluding carboxylic acids is 1. The monoisotopic (exact) mass is 472 g/mol. The van der Waals surface area contributed by atoms with Crippen LogP contribution >= 0.6 is 0 Å². The second-order valence-electron chi connectivity index (χ2n) is 7.29. The molecule has 0 aliphatic rings. The van der Waals surface area contributed by atoms with Crippen molar-refractivity contribution in [3.05, 3.63) is 93.4 Å². The minimum Gasteiger partial charge on any atom is -0.460 e. The number of hydrogen-bond acceptors (Lipinski definition) is 6. The number of benzene rings is 2. The van der Waals surface area contributed by atoms with Crippen molar-refractivity contribution in [2.24, 2.45) is 0 Å². The van der Waals surface area contributed by atoms with Gasteiger partial charge in [0.05, 0.1) is 25.4 Å². The molecule has 9 nitrogen and oxygen atoms in total. The fourth-order valence-corrected chi connectivity index (χ4v) is 3.28. The second-order valence-corrected chi connectivity index (χ2v) is 7.29. The zero-order valence-corrected chi connectivity index (χ0v) is 18.2. The van der Waals surface area contributed by atoms with Crippen LogP contribution in [0.3, 0.4) is 0 Å². The molecule has 0 amide bonds. The van der Waals surface area contributed by atoms with Gasteiger partial charge in [0.15, 0.2) is 0 Å². The third-order valence-corrected chi connectivity index (χ3v) is 5.04. The predicted molar refractivity (Wildman–Crippen MR) is 113 cm³/mol. The maximum Gasteiger partial charge on any atom is 0.378 e. The largest absolute Gasteiger partial charge is 0.460 e. The van der Waals surface area contributed by atoms with E-state index in [1.54, 1.807) is 13.8 Å². The van der Waals surface area contributed by atoms with Gasteiger partial charge in [-0.05, 0) is 32.0 Å². The number of carbonyl (C=O) groups is 1. The van der Waals surface area contributed by atoms with Gasteiger partial charge in [0, 0.05) is 17.2 Å². The van der Waals surface area contributed by atoms with Gasteiger partial charge >= 0.3 is 11.7 Å². The molecule has 12 heteroatoms. The van der Waals surface area contributed by atoms with Crippen LogP contribution in [0, 0.1) is 24.4 Å². The van der Waals surface area contributed by atoms with Gasteiger partial charge < -0.3 is 4.74 Å². The van der Waals surface area contributed by atoms with E-state index in [1.165, 1.54) is 22.9 Å². The first kappa shape index (κ1) is 23.0. The zero-order chi connectivity index (χ0) is 24.4. The molecule has 0 spiro atoms. The molecule has 0 aliphatic carbocycles. The Morgan fingerprint density at radius 2 is 1.79 bits per heavy atom. The fourth-order valence-electron chi connectivity index (χ4n) is 3.28. The third kappa shape index (κ3) is 4.47. The lowest BCUT2D eigenvalue weighted by molar-refractivity contribution is 0.0511. The van der Waals surface area contributed by atoms with E-state index in [-0.39, 0.29) is 42.3 Å². The Morgan fingerprint density at radius 1 is 1.06 bits per heavy atom. The third-order valence-electron chi connectivity index (χ3n) is 5.04. The SMILES string of the molecule is CCOC(=O)c1nc(C)n(Cc2ccc(-n3ncn(Cc4c(F)cccc4F)c3=O)cc2F)n1. The molecule has 0 unspecified atom stereocenters. The number of rotatable bonds is 7. The standard InChI is InChI=1S/C22H19F3N6O3/c1-3-34-21(32)20-27-13(2)30(28-20)10-14-7-8-15(9-19(14)25)31-22(33)29(12-26-31)11-16-17(23)5-4-6-18(16)24/h4-9,12H,3,10-11H2,1-2H3. The van der Waals surface area contributed by atoms with Gasteiger partial charge in [0.25, 0.3) is 5.82 Å². The molecule has 0 saturated heterocycles. The van der Waals surface area contributed by atoms with E-state index in [0.29, 0.717) is 5.82 Å². The van der Waals surface area contributed by atoms with E-state index in [4.69, 9.17) is 4.74 Å². The maximum atomic E-state index is 14.8. The molecule has 0 bridgehead atoms. The summed E-state index contributed by atoms with van der Waals surface area (Å²) in [7, 11) is 0. The number of nitrogens with zero attached hydrogens (tertiary/aromatic N) is 6. The number of aryl methyl sites for hydroxylation is 1. The average molecular weight is 472 g/mol. The first-order chi connectivity index (χ1) is 16.3. The van der Waals surface area contributed by atoms with Crippen molar-refractivity contribution in [2.75, 3.05) is 6.61 Å². The molecule has 2 aromatic carbocycles. The van der Waals surface area contributed by atoms with Crippen LogP contribution < -0.4 is 5.69 Å². The lowest BCUT2D eigenvalue weighted by atomic mass is 10.2. The number of hydrogen-bond donors (Lipinski definition) is 0.